The summed E-state index contributed by atoms with van der Waals surface area (Å²) in [6.07, 6.45) is 3.32. The monoisotopic (exact) mass is 303 g/mol. The molecule has 0 bridgehead atoms. The van der Waals surface area contributed by atoms with Crippen molar-refractivity contribution < 1.29 is 14.3 Å². The molecule has 0 spiro atoms. The summed E-state index contributed by atoms with van der Waals surface area (Å²) in [4.78, 5) is 12.6. The van der Waals surface area contributed by atoms with Crippen LogP contribution >= 0.6 is 11.3 Å². The molecule has 0 radical (unpaired) electrons. The number of rotatable bonds is 7. The Morgan fingerprint density at radius 2 is 2.14 bits per heavy atom. The number of thiophene rings is 1. The topological polar surface area (TPSA) is 47.6 Å². The van der Waals surface area contributed by atoms with Gasteiger partial charge in [0.25, 0.3) is 0 Å². The Kier molecular flexibility index (Phi) is 5.84. The van der Waals surface area contributed by atoms with E-state index >= 15 is 0 Å². The van der Waals surface area contributed by atoms with Gasteiger partial charge in [-0.3, -0.25) is 4.79 Å². The minimum Gasteiger partial charge on any atom is -0.497 e. The van der Waals surface area contributed by atoms with Crippen LogP contribution in [0.4, 0.5) is 0 Å². The fraction of sp³-hybridized carbons (Fsp3) is 0.188. The highest BCUT2D eigenvalue weighted by Gasteiger charge is 1.98. The molecule has 0 fully saturated rings. The van der Waals surface area contributed by atoms with Crippen molar-refractivity contribution in [3.63, 3.8) is 0 Å². The smallest absolute Gasteiger partial charge is 0.244 e. The Labute approximate surface area is 128 Å². The molecule has 0 saturated heterocycles. The fourth-order valence-corrected chi connectivity index (χ4v) is 2.25. The Morgan fingerprint density at radius 1 is 1.29 bits per heavy atom. The third-order valence-electron chi connectivity index (χ3n) is 2.65. The van der Waals surface area contributed by atoms with Crippen LogP contribution in [0.25, 0.3) is 6.08 Å². The number of methoxy groups -OCH3 is 1. The Hall–Kier alpha value is -2.27. The van der Waals surface area contributed by atoms with E-state index in [0.717, 1.165) is 16.4 Å². The van der Waals surface area contributed by atoms with Crippen molar-refractivity contribution in [2.75, 3.05) is 20.3 Å². The van der Waals surface area contributed by atoms with Crippen LogP contribution in [-0.2, 0) is 4.79 Å². The number of carbonyl (C=O) groups is 1. The van der Waals surface area contributed by atoms with Gasteiger partial charge in [-0.1, -0.05) is 12.1 Å². The lowest BCUT2D eigenvalue weighted by molar-refractivity contribution is -0.116. The maximum absolute atomic E-state index is 11.6. The highest BCUT2D eigenvalue weighted by Crippen LogP contribution is 2.18. The maximum atomic E-state index is 11.6. The molecule has 21 heavy (non-hydrogen) atoms. The summed E-state index contributed by atoms with van der Waals surface area (Å²) in [5.41, 5.74) is 0. The van der Waals surface area contributed by atoms with Crippen LogP contribution in [0.15, 0.2) is 47.9 Å². The molecule has 4 nitrogen and oxygen atoms in total. The first-order chi connectivity index (χ1) is 10.3. The quantitative estimate of drug-likeness (QED) is 0.632. The van der Waals surface area contributed by atoms with Crippen molar-refractivity contribution in [1.29, 1.82) is 0 Å². The lowest BCUT2D eigenvalue weighted by atomic mass is 10.3. The summed E-state index contributed by atoms with van der Waals surface area (Å²) in [7, 11) is 1.61. The van der Waals surface area contributed by atoms with Crippen molar-refractivity contribution in [1.82, 2.24) is 5.32 Å². The predicted octanol–water partition coefficient (Wildman–Crippen LogP) is 2.97. The zero-order valence-electron chi connectivity index (χ0n) is 11.7. The number of carbonyl (C=O) groups excluding carboxylic acids is 1. The molecular weight excluding hydrogens is 286 g/mol. The van der Waals surface area contributed by atoms with Gasteiger partial charge < -0.3 is 14.8 Å². The second-order valence-corrected chi connectivity index (χ2v) is 5.15. The standard InChI is InChI=1S/C16H17NO3S/c1-19-13-4-2-5-14(12-13)20-10-9-17-16(18)8-7-15-6-3-11-21-15/h2-8,11-12H,9-10H2,1H3,(H,17,18)/b8-7+. The molecule has 1 amide bonds. The number of benzene rings is 1. The molecule has 2 aromatic rings. The Balaban J connectivity index is 1.68. The zero-order chi connectivity index (χ0) is 14.9. The molecule has 0 atom stereocenters. The molecule has 0 aliphatic carbocycles. The molecule has 1 N–H and O–H groups in total. The van der Waals surface area contributed by atoms with Crippen molar-refractivity contribution in [2.24, 2.45) is 0 Å². The van der Waals surface area contributed by atoms with Gasteiger partial charge in [-0.05, 0) is 29.7 Å². The second kappa shape index (κ2) is 8.11. The van der Waals surface area contributed by atoms with Gasteiger partial charge >= 0.3 is 0 Å². The number of ether oxygens (including phenoxy) is 2. The Bertz CT molecular complexity index is 593. The third-order valence-corrected chi connectivity index (χ3v) is 3.49. The first kappa shape index (κ1) is 15.1. The molecule has 1 aromatic heterocycles. The van der Waals surface area contributed by atoms with E-state index in [9.17, 15) is 4.79 Å². The van der Waals surface area contributed by atoms with E-state index < -0.39 is 0 Å². The summed E-state index contributed by atoms with van der Waals surface area (Å²) < 4.78 is 10.6. The predicted molar refractivity (Wildman–Crippen MR) is 84.9 cm³/mol. The number of hydrogen-bond acceptors (Lipinski definition) is 4. The molecule has 0 aliphatic heterocycles. The lowest BCUT2D eigenvalue weighted by Gasteiger charge is -2.07. The van der Waals surface area contributed by atoms with Crippen LogP contribution in [0.1, 0.15) is 4.88 Å². The third kappa shape index (κ3) is 5.31. The van der Waals surface area contributed by atoms with E-state index in [1.54, 1.807) is 30.6 Å². The van der Waals surface area contributed by atoms with Gasteiger partial charge in [0.1, 0.15) is 18.1 Å². The van der Waals surface area contributed by atoms with Crippen LogP contribution < -0.4 is 14.8 Å². The molecule has 0 unspecified atom stereocenters. The fourth-order valence-electron chi connectivity index (χ4n) is 1.64. The minimum atomic E-state index is -0.127. The van der Waals surface area contributed by atoms with Gasteiger partial charge in [0.15, 0.2) is 0 Å². The van der Waals surface area contributed by atoms with Gasteiger partial charge in [0.2, 0.25) is 5.91 Å². The molecule has 1 aromatic carbocycles. The molecule has 2 rings (SSSR count). The van der Waals surface area contributed by atoms with Crippen molar-refractivity contribution >= 4 is 23.3 Å². The molecule has 5 heteroatoms. The van der Waals surface area contributed by atoms with Gasteiger partial charge in [0.05, 0.1) is 13.7 Å². The zero-order valence-corrected chi connectivity index (χ0v) is 12.6. The summed E-state index contributed by atoms with van der Waals surface area (Å²) in [6.45, 7) is 0.858. The molecule has 110 valence electrons. The van der Waals surface area contributed by atoms with Crippen molar-refractivity contribution in [2.45, 2.75) is 0 Å². The average molecular weight is 303 g/mol. The SMILES string of the molecule is COc1cccc(OCCNC(=O)/C=C/c2cccs2)c1. The highest BCUT2D eigenvalue weighted by atomic mass is 32.1. The van der Waals surface area contributed by atoms with Gasteiger partial charge in [-0.2, -0.15) is 0 Å². The summed E-state index contributed by atoms with van der Waals surface area (Å²) >= 11 is 1.59. The van der Waals surface area contributed by atoms with Crippen LogP contribution in [0.2, 0.25) is 0 Å². The highest BCUT2D eigenvalue weighted by molar-refractivity contribution is 7.10. The first-order valence-corrected chi connectivity index (χ1v) is 7.42. The van der Waals surface area contributed by atoms with Crippen molar-refractivity contribution in [3.05, 3.63) is 52.7 Å². The van der Waals surface area contributed by atoms with E-state index in [-0.39, 0.29) is 5.91 Å². The molecule has 0 aliphatic rings. The van der Waals surface area contributed by atoms with Gasteiger partial charge in [-0.15, -0.1) is 11.3 Å². The van der Waals surface area contributed by atoms with Crippen LogP contribution in [0.5, 0.6) is 11.5 Å². The number of hydrogen-bond donors (Lipinski definition) is 1. The van der Waals surface area contributed by atoms with E-state index in [1.807, 2.05) is 35.7 Å². The van der Waals surface area contributed by atoms with Gasteiger partial charge in [0, 0.05) is 17.0 Å². The molecule has 1 heterocycles. The summed E-state index contributed by atoms with van der Waals surface area (Å²) in [5, 5.41) is 4.74. The first-order valence-electron chi connectivity index (χ1n) is 6.54. The largest absolute Gasteiger partial charge is 0.497 e. The van der Waals surface area contributed by atoms with Crippen molar-refractivity contribution in [3.8, 4) is 11.5 Å². The number of nitrogens with one attached hydrogen (secondary N) is 1. The van der Waals surface area contributed by atoms with E-state index in [4.69, 9.17) is 9.47 Å². The maximum Gasteiger partial charge on any atom is 0.244 e. The van der Waals surface area contributed by atoms with Crippen LogP contribution in [0, 0.1) is 0 Å². The summed E-state index contributed by atoms with van der Waals surface area (Å²) in [6, 6.07) is 11.3. The van der Waals surface area contributed by atoms with Gasteiger partial charge in [-0.25, -0.2) is 0 Å². The van der Waals surface area contributed by atoms with E-state index in [0.29, 0.717) is 13.2 Å². The van der Waals surface area contributed by atoms with E-state index in [1.165, 1.54) is 6.08 Å². The van der Waals surface area contributed by atoms with E-state index in [2.05, 4.69) is 5.32 Å². The average Bonchev–Trinajstić information content (AvgIpc) is 3.03. The van der Waals surface area contributed by atoms with Crippen LogP contribution in [0.3, 0.4) is 0 Å². The number of amides is 1. The molecule has 0 saturated carbocycles. The molecular formula is C16H17NO3S. The minimum absolute atomic E-state index is 0.127. The normalized spacial score (nSPS) is 10.5. The second-order valence-electron chi connectivity index (χ2n) is 4.17. The van der Waals surface area contributed by atoms with Crippen LogP contribution in [-0.4, -0.2) is 26.2 Å². The Morgan fingerprint density at radius 3 is 2.90 bits per heavy atom. The summed E-state index contributed by atoms with van der Waals surface area (Å²) in [5.74, 6) is 1.34. The lowest BCUT2D eigenvalue weighted by Crippen LogP contribution is -2.26.